The minimum absolute atomic E-state index is 0. The highest BCUT2D eigenvalue weighted by Crippen LogP contribution is 2.20. The number of piperidine rings is 1. The van der Waals surface area contributed by atoms with Crippen LogP contribution in [0.4, 0.5) is 0 Å². The van der Waals surface area contributed by atoms with E-state index in [0.717, 1.165) is 38.0 Å². The molecule has 1 aliphatic heterocycles. The van der Waals surface area contributed by atoms with Crippen molar-refractivity contribution in [3.05, 3.63) is 35.2 Å². The maximum Gasteiger partial charge on any atom is 0.227 e. The van der Waals surface area contributed by atoms with Crippen LogP contribution in [-0.4, -0.2) is 47.6 Å². The zero-order valence-electron chi connectivity index (χ0n) is 14.8. The van der Waals surface area contributed by atoms with Gasteiger partial charge >= 0.3 is 0 Å². The Morgan fingerprint density at radius 1 is 1.31 bits per heavy atom. The van der Waals surface area contributed by atoms with Gasteiger partial charge in [0.1, 0.15) is 0 Å². The molecule has 0 unspecified atom stereocenters. The summed E-state index contributed by atoms with van der Waals surface area (Å²) in [5.41, 5.74) is 0.845. The summed E-state index contributed by atoms with van der Waals surface area (Å²) in [6.07, 6.45) is 3.00. The number of halogens is 2. The number of rotatable bonds is 6. The minimum Gasteiger partial charge on any atom is -0.343 e. The van der Waals surface area contributed by atoms with Crippen LogP contribution < -0.4 is 5.32 Å². The van der Waals surface area contributed by atoms with Gasteiger partial charge in [-0.3, -0.25) is 4.79 Å². The van der Waals surface area contributed by atoms with Crippen molar-refractivity contribution in [2.45, 2.75) is 25.7 Å². The number of benzene rings is 1. The van der Waals surface area contributed by atoms with Gasteiger partial charge in [-0.15, -0.1) is 12.4 Å². The summed E-state index contributed by atoms with van der Waals surface area (Å²) in [6.45, 7) is 2.70. The van der Waals surface area contributed by atoms with E-state index in [-0.39, 0.29) is 18.3 Å². The normalized spacial score (nSPS) is 14.9. The maximum atomic E-state index is 12.4. The summed E-state index contributed by atoms with van der Waals surface area (Å²) >= 11 is 5.88. The van der Waals surface area contributed by atoms with Crippen LogP contribution in [0.15, 0.2) is 28.8 Å². The maximum absolute atomic E-state index is 12.4. The predicted octanol–water partition coefficient (Wildman–Crippen LogP) is 3.20. The van der Waals surface area contributed by atoms with Crippen LogP contribution in [0.5, 0.6) is 0 Å². The molecule has 1 aromatic carbocycles. The lowest BCUT2D eigenvalue weighted by Gasteiger charge is -2.31. The number of likely N-dealkylation sites (tertiary alicyclic amines) is 1. The third-order valence-corrected chi connectivity index (χ3v) is 4.84. The lowest BCUT2D eigenvalue weighted by atomic mass is 9.96. The molecule has 26 heavy (non-hydrogen) atoms. The van der Waals surface area contributed by atoms with Gasteiger partial charge in [0.2, 0.25) is 17.6 Å². The summed E-state index contributed by atoms with van der Waals surface area (Å²) in [5, 5.41) is 7.85. The van der Waals surface area contributed by atoms with Crippen LogP contribution in [0.25, 0.3) is 11.4 Å². The van der Waals surface area contributed by atoms with Crippen LogP contribution in [0.3, 0.4) is 0 Å². The molecule has 1 aromatic heterocycles. The molecular formula is C18H24Cl2N4O2. The average molecular weight is 399 g/mol. The zero-order valence-corrected chi connectivity index (χ0v) is 16.4. The van der Waals surface area contributed by atoms with Crippen molar-refractivity contribution in [3.8, 4) is 11.4 Å². The Kier molecular flexibility index (Phi) is 7.87. The number of hydrogen-bond donors (Lipinski definition) is 1. The lowest BCUT2D eigenvalue weighted by Crippen LogP contribution is -2.40. The molecule has 0 bridgehead atoms. The van der Waals surface area contributed by atoms with Gasteiger partial charge in [0.05, 0.1) is 0 Å². The molecule has 0 aliphatic carbocycles. The standard InChI is InChI=1S/C18H23ClN4O2.ClH/c1-20-12-13-8-10-23(11-9-13)17(24)7-6-16-21-18(22-25-16)14-2-4-15(19)5-3-14;/h2-5,13,20H,6-12H2,1H3;1H. The van der Waals surface area contributed by atoms with Crippen molar-refractivity contribution in [2.75, 3.05) is 26.7 Å². The van der Waals surface area contributed by atoms with Crippen molar-refractivity contribution in [1.82, 2.24) is 20.4 Å². The fourth-order valence-corrected chi connectivity index (χ4v) is 3.25. The van der Waals surface area contributed by atoms with Gasteiger partial charge in [-0.05, 0) is 56.6 Å². The third kappa shape index (κ3) is 5.43. The van der Waals surface area contributed by atoms with Gasteiger partial charge in [-0.25, -0.2) is 0 Å². The number of amides is 1. The number of nitrogens with one attached hydrogen (secondary N) is 1. The van der Waals surface area contributed by atoms with Gasteiger partial charge in [0.25, 0.3) is 0 Å². The number of nitrogens with zero attached hydrogens (tertiary/aromatic N) is 3. The summed E-state index contributed by atoms with van der Waals surface area (Å²) in [6, 6.07) is 7.26. The van der Waals surface area contributed by atoms with Gasteiger partial charge in [-0.1, -0.05) is 16.8 Å². The van der Waals surface area contributed by atoms with Gasteiger partial charge in [-0.2, -0.15) is 4.98 Å². The van der Waals surface area contributed by atoms with Crippen LogP contribution in [0.2, 0.25) is 5.02 Å². The predicted molar refractivity (Wildman–Crippen MR) is 104 cm³/mol. The Bertz CT molecular complexity index is 697. The smallest absolute Gasteiger partial charge is 0.227 e. The lowest BCUT2D eigenvalue weighted by molar-refractivity contribution is -0.132. The minimum atomic E-state index is 0. The van der Waals surface area contributed by atoms with E-state index in [1.807, 2.05) is 24.1 Å². The Labute approximate surface area is 164 Å². The first-order valence-electron chi connectivity index (χ1n) is 8.66. The zero-order chi connectivity index (χ0) is 17.6. The van der Waals surface area contributed by atoms with Gasteiger partial charge in [0.15, 0.2) is 0 Å². The van der Waals surface area contributed by atoms with E-state index in [1.165, 1.54) is 0 Å². The first kappa shape index (κ1) is 20.7. The Morgan fingerprint density at radius 2 is 2.00 bits per heavy atom. The van der Waals surface area contributed by atoms with E-state index >= 15 is 0 Å². The summed E-state index contributed by atoms with van der Waals surface area (Å²) in [7, 11) is 1.97. The Hall–Kier alpha value is -1.63. The summed E-state index contributed by atoms with van der Waals surface area (Å²) in [4.78, 5) is 18.7. The summed E-state index contributed by atoms with van der Waals surface area (Å²) < 4.78 is 5.26. The number of carbonyl (C=O) groups is 1. The molecule has 3 rings (SSSR count). The molecule has 0 atom stereocenters. The molecule has 0 spiro atoms. The molecule has 1 saturated heterocycles. The fourth-order valence-electron chi connectivity index (χ4n) is 3.12. The Balaban J connectivity index is 0.00000243. The largest absolute Gasteiger partial charge is 0.343 e. The molecule has 0 saturated carbocycles. The van der Waals surface area contributed by atoms with E-state index in [4.69, 9.17) is 16.1 Å². The fraction of sp³-hybridized carbons (Fsp3) is 0.500. The van der Waals surface area contributed by atoms with Crippen molar-refractivity contribution in [1.29, 1.82) is 0 Å². The van der Waals surface area contributed by atoms with Crippen LogP contribution in [0.1, 0.15) is 25.2 Å². The molecular weight excluding hydrogens is 375 g/mol. The molecule has 1 aliphatic rings. The molecule has 1 N–H and O–H groups in total. The van der Waals surface area contributed by atoms with E-state index in [2.05, 4.69) is 15.5 Å². The van der Waals surface area contributed by atoms with E-state index < -0.39 is 0 Å². The second kappa shape index (κ2) is 9.90. The quantitative estimate of drug-likeness (QED) is 0.808. The average Bonchev–Trinajstić information content (AvgIpc) is 3.10. The van der Waals surface area contributed by atoms with E-state index in [9.17, 15) is 4.79 Å². The van der Waals surface area contributed by atoms with Crippen molar-refractivity contribution >= 4 is 29.9 Å². The number of hydrogen-bond acceptors (Lipinski definition) is 5. The Morgan fingerprint density at radius 3 is 2.65 bits per heavy atom. The van der Waals surface area contributed by atoms with Crippen LogP contribution in [0, 0.1) is 5.92 Å². The monoisotopic (exact) mass is 398 g/mol. The molecule has 142 valence electrons. The highest BCUT2D eigenvalue weighted by atomic mass is 35.5. The topological polar surface area (TPSA) is 71.3 Å². The third-order valence-electron chi connectivity index (χ3n) is 4.58. The van der Waals surface area contributed by atoms with Crippen molar-refractivity contribution in [3.63, 3.8) is 0 Å². The van der Waals surface area contributed by atoms with Gasteiger partial charge in [0, 0.05) is 36.5 Å². The second-order valence-corrected chi connectivity index (χ2v) is 6.84. The first-order chi connectivity index (χ1) is 12.2. The van der Waals surface area contributed by atoms with E-state index in [0.29, 0.717) is 35.5 Å². The van der Waals surface area contributed by atoms with Crippen LogP contribution in [-0.2, 0) is 11.2 Å². The van der Waals surface area contributed by atoms with Crippen molar-refractivity contribution in [2.24, 2.45) is 5.92 Å². The van der Waals surface area contributed by atoms with Crippen LogP contribution >= 0.6 is 24.0 Å². The number of aryl methyl sites for hydroxylation is 1. The SMILES string of the molecule is CNCC1CCN(C(=O)CCc2nc(-c3ccc(Cl)cc3)no2)CC1.Cl. The highest BCUT2D eigenvalue weighted by molar-refractivity contribution is 6.30. The molecule has 2 heterocycles. The summed E-state index contributed by atoms with van der Waals surface area (Å²) in [5.74, 6) is 1.84. The first-order valence-corrected chi connectivity index (χ1v) is 9.04. The van der Waals surface area contributed by atoms with Gasteiger partial charge < -0.3 is 14.7 Å². The molecule has 1 amide bonds. The number of carbonyl (C=O) groups excluding carboxylic acids is 1. The molecule has 1 fully saturated rings. The molecule has 0 radical (unpaired) electrons. The molecule has 6 nitrogen and oxygen atoms in total. The second-order valence-electron chi connectivity index (χ2n) is 6.40. The number of aromatic nitrogens is 2. The highest BCUT2D eigenvalue weighted by Gasteiger charge is 2.22. The van der Waals surface area contributed by atoms with Crippen molar-refractivity contribution < 1.29 is 9.32 Å². The molecule has 2 aromatic rings. The molecule has 8 heteroatoms. The van der Waals surface area contributed by atoms with E-state index in [1.54, 1.807) is 12.1 Å².